The van der Waals surface area contributed by atoms with Gasteiger partial charge in [0.2, 0.25) is 0 Å². The van der Waals surface area contributed by atoms with Crippen LogP contribution in [-0.4, -0.2) is 46.6 Å². The Morgan fingerprint density at radius 1 is 0.667 bits per heavy atom. The zero-order valence-corrected chi connectivity index (χ0v) is 12.1. The second kappa shape index (κ2) is 5.72. The maximum atomic E-state index is 4.53. The summed E-state index contributed by atoms with van der Waals surface area (Å²) in [6.45, 7) is 8.95. The van der Waals surface area contributed by atoms with Gasteiger partial charge >= 0.3 is 0 Å². The molecule has 0 aromatic heterocycles. The monoisotopic (exact) mass is 250 g/mol. The molecule has 2 aliphatic heterocycles. The van der Waals surface area contributed by atoms with E-state index in [-0.39, 0.29) is 0 Å². The Morgan fingerprint density at radius 3 is 1.22 bits per heavy atom. The van der Waals surface area contributed by atoms with Crippen molar-refractivity contribution in [3.05, 3.63) is 0 Å². The van der Waals surface area contributed by atoms with Gasteiger partial charge in [0.1, 0.15) is 0 Å². The van der Waals surface area contributed by atoms with Gasteiger partial charge in [0.25, 0.3) is 0 Å². The molecule has 0 aliphatic carbocycles. The van der Waals surface area contributed by atoms with Crippen molar-refractivity contribution in [2.75, 3.05) is 0 Å². The first-order valence-corrected chi connectivity index (χ1v) is 7.22. The van der Waals surface area contributed by atoms with Crippen LogP contribution >= 0.6 is 0 Å². The number of hydrogen-bond acceptors (Lipinski definition) is 4. The van der Waals surface area contributed by atoms with Gasteiger partial charge in [0, 0.05) is 24.2 Å². The highest BCUT2D eigenvalue weighted by Crippen LogP contribution is 2.24. The molecule has 0 N–H and O–H groups in total. The van der Waals surface area contributed by atoms with Crippen LogP contribution < -0.4 is 0 Å². The van der Waals surface area contributed by atoms with E-state index >= 15 is 0 Å². The topological polar surface area (TPSA) is 31.2 Å². The average molecular weight is 250 g/mol. The normalized spacial score (nSPS) is 37.6. The first-order valence-electron chi connectivity index (χ1n) is 7.22. The summed E-state index contributed by atoms with van der Waals surface area (Å²) in [5.74, 6) is 0. The third-order valence-corrected chi connectivity index (χ3v) is 4.28. The van der Waals surface area contributed by atoms with Gasteiger partial charge in [-0.15, -0.1) is 0 Å². The summed E-state index contributed by atoms with van der Waals surface area (Å²) < 4.78 is 0. The molecule has 0 bridgehead atoms. The molecule has 18 heavy (non-hydrogen) atoms. The SMILES string of the molecule is C[C@@H]1CC[C@@H](C)N1/N=C/C=N/N1[C@H](C)CC[C@H]1C. The Hall–Kier alpha value is -1.06. The minimum absolute atomic E-state index is 0.564. The standard InChI is InChI=1S/C14H26N4/c1-11-5-6-12(2)17(11)15-9-10-16-18-13(3)7-8-14(18)4/h9-14H,5-8H2,1-4H3/b15-9+,16-10+/t11-,12-,13-,14-/m1/s1. The van der Waals surface area contributed by atoms with Gasteiger partial charge in [-0.2, -0.15) is 10.2 Å². The Kier molecular flexibility index (Phi) is 4.25. The molecule has 2 aliphatic rings. The summed E-state index contributed by atoms with van der Waals surface area (Å²) in [5.41, 5.74) is 0. The maximum absolute atomic E-state index is 4.53. The molecule has 0 spiro atoms. The van der Waals surface area contributed by atoms with Gasteiger partial charge in [0.05, 0.1) is 12.4 Å². The molecule has 0 unspecified atom stereocenters. The van der Waals surface area contributed by atoms with Crippen LogP contribution in [0.5, 0.6) is 0 Å². The predicted molar refractivity (Wildman–Crippen MR) is 77.0 cm³/mol. The number of rotatable bonds is 3. The van der Waals surface area contributed by atoms with Crippen molar-refractivity contribution in [1.29, 1.82) is 0 Å². The molecule has 2 heterocycles. The minimum Gasteiger partial charge on any atom is -0.291 e. The summed E-state index contributed by atoms with van der Waals surface area (Å²) >= 11 is 0. The van der Waals surface area contributed by atoms with Gasteiger partial charge in [-0.3, -0.25) is 10.0 Å². The lowest BCUT2D eigenvalue weighted by atomic mass is 10.2. The van der Waals surface area contributed by atoms with Crippen molar-refractivity contribution in [2.24, 2.45) is 10.2 Å². The summed E-state index contributed by atoms with van der Waals surface area (Å²) in [6, 6.07) is 2.26. The molecule has 2 saturated heterocycles. The van der Waals surface area contributed by atoms with Crippen LogP contribution in [0.4, 0.5) is 0 Å². The fourth-order valence-electron chi connectivity index (χ4n) is 3.03. The van der Waals surface area contributed by atoms with Crippen molar-refractivity contribution in [3.63, 3.8) is 0 Å². The average Bonchev–Trinajstić information content (AvgIpc) is 2.82. The van der Waals surface area contributed by atoms with Crippen molar-refractivity contribution in [3.8, 4) is 0 Å². The summed E-state index contributed by atoms with van der Waals surface area (Å²) in [4.78, 5) is 0. The van der Waals surface area contributed by atoms with E-state index in [4.69, 9.17) is 0 Å². The molecule has 4 atom stereocenters. The molecule has 0 aromatic rings. The lowest BCUT2D eigenvalue weighted by Gasteiger charge is -2.23. The molecular weight excluding hydrogens is 224 g/mol. The van der Waals surface area contributed by atoms with E-state index in [2.05, 4.69) is 47.9 Å². The molecule has 0 amide bonds. The number of nitrogens with zero attached hydrogens (tertiary/aromatic N) is 4. The second-order valence-electron chi connectivity index (χ2n) is 5.84. The van der Waals surface area contributed by atoms with Crippen LogP contribution in [0, 0.1) is 0 Å². The second-order valence-corrected chi connectivity index (χ2v) is 5.84. The zero-order valence-electron chi connectivity index (χ0n) is 12.1. The van der Waals surface area contributed by atoms with Crippen molar-refractivity contribution in [1.82, 2.24) is 10.0 Å². The first kappa shape index (κ1) is 13.4. The third kappa shape index (κ3) is 2.85. The Morgan fingerprint density at radius 2 is 0.944 bits per heavy atom. The lowest BCUT2D eigenvalue weighted by molar-refractivity contribution is 0.224. The fourth-order valence-corrected chi connectivity index (χ4v) is 3.03. The highest BCUT2D eigenvalue weighted by atomic mass is 15.5. The van der Waals surface area contributed by atoms with E-state index in [1.54, 1.807) is 0 Å². The Balaban J connectivity index is 1.87. The molecule has 4 heteroatoms. The van der Waals surface area contributed by atoms with Crippen LogP contribution in [0.2, 0.25) is 0 Å². The van der Waals surface area contributed by atoms with Crippen molar-refractivity contribution >= 4 is 12.4 Å². The molecule has 2 fully saturated rings. The van der Waals surface area contributed by atoms with Crippen LogP contribution in [0.25, 0.3) is 0 Å². The van der Waals surface area contributed by atoms with Gasteiger partial charge in [-0.05, 0) is 53.4 Å². The van der Waals surface area contributed by atoms with Gasteiger partial charge in [0.15, 0.2) is 0 Å². The van der Waals surface area contributed by atoms with E-state index in [0.29, 0.717) is 24.2 Å². The summed E-state index contributed by atoms with van der Waals surface area (Å²) in [6.07, 6.45) is 8.67. The first-order chi connectivity index (χ1) is 8.59. The minimum atomic E-state index is 0.564. The van der Waals surface area contributed by atoms with E-state index in [9.17, 15) is 0 Å². The highest BCUT2D eigenvalue weighted by Gasteiger charge is 2.26. The molecule has 0 aromatic carbocycles. The summed E-state index contributed by atoms with van der Waals surface area (Å²) in [5, 5.41) is 13.5. The zero-order chi connectivity index (χ0) is 13.1. The fraction of sp³-hybridized carbons (Fsp3) is 0.857. The van der Waals surface area contributed by atoms with E-state index in [0.717, 1.165) is 0 Å². The molecule has 102 valence electrons. The highest BCUT2D eigenvalue weighted by molar-refractivity contribution is 6.15. The van der Waals surface area contributed by atoms with E-state index in [1.165, 1.54) is 25.7 Å². The number of hydrogen-bond donors (Lipinski definition) is 0. The Labute approximate surface area is 111 Å². The van der Waals surface area contributed by atoms with Crippen LogP contribution in [0.15, 0.2) is 10.2 Å². The van der Waals surface area contributed by atoms with Crippen molar-refractivity contribution in [2.45, 2.75) is 77.5 Å². The van der Waals surface area contributed by atoms with Gasteiger partial charge in [-0.25, -0.2) is 0 Å². The Bertz CT molecular complexity index is 274. The summed E-state index contributed by atoms with van der Waals surface area (Å²) in [7, 11) is 0. The lowest BCUT2D eigenvalue weighted by Crippen LogP contribution is -2.28. The largest absolute Gasteiger partial charge is 0.291 e. The van der Waals surface area contributed by atoms with E-state index in [1.807, 2.05) is 12.4 Å². The molecule has 4 nitrogen and oxygen atoms in total. The van der Waals surface area contributed by atoms with E-state index < -0.39 is 0 Å². The smallest absolute Gasteiger partial charge is 0.0671 e. The molecule has 2 rings (SSSR count). The van der Waals surface area contributed by atoms with Crippen LogP contribution in [-0.2, 0) is 0 Å². The van der Waals surface area contributed by atoms with Crippen molar-refractivity contribution < 1.29 is 0 Å². The van der Waals surface area contributed by atoms with Crippen LogP contribution in [0.3, 0.4) is 0 Å². The predicted octanol–water partition coefficient (Wildman–Crippen LogP) is 2.70. The molecular formula is C14H26N4. The third-order valence-electron chi connectivity index (χ3n) is 4.28. The molecule has 0 saturated carbocycles. The quantitative estimate of drug-likeness (QED) is 0.721. The molecule has 0 radical (unpaired) electrons. The maximum Gasteiger partial charge on any atom is 0.0671 e. The van der Waals surface area contributed by atoms with Gasteiger partial charge in [-0.1, -0.05) is 0 Å². The number of hydrazone groups is 2. The van der Waals surface area contributed by atoms with Crippen LogP contribution in [0.1, 0.15) is 53.4 Å². The van der Waals surface area contributed by atoms with Gasteiger partial charge < -0.3 is 0 Å².